The summed E-state index contributed by atoms with van der Waals surface area (Å²) in [5.41, 5.74) is 0.703. The van der Waals surface area contributed by atoms with Crippen molar-refractivity contribution in [3.8, 4) is 17.2 Å². The maximum atomic E-state index is 9.21. The maximum Gasteiger partial charge on any atom is 0.231 e. The lowest BCUT2D eigenvalue weighted by Crippen LogP contribution is -1.97. The van der Waals surface area contributed by atoms with Crippen molar-refractivity contribution in [2.75, 3.05) is 13.4 Å². The lowest BCUT2D eigenvalue weighted by Gasteiger charge is -2.09. The Hall–Kier alpha value is -1.68. The van der Waals surface area contributed by atoms with Crippen LogP contribution in [0, 0.1) is 0 Å². The van der Waals surface area contributed by atoms with Gasteiger partial charge in [0.15, 0.2) is 11.5 Å². The van der Waals surface area contributed by atoms with Gasteiger partial charge in [0.25, 0.3) is 0 Å². The number of hydrogen-bond acceptors (Lipinski definition) is 4. The molecule has 86 valence electrons. The van der Waals surface area contributed by atoms with Crippen molar-refractivity contribution in [2.24, 2.45) is 0 Å². The molecule has 1 aromatic rings. The molecule has 0 aromatic heterocycles. The van der Waals surface area contributed by atoms with Crippen molar-refractivity contribution in [1.82, 2.24) is 0 Å². The number of aliphatic hydroxyl groups excluding tert-OH is 1. The minimum absolute atomic E-state index is 0.0815. The first-order chi connectivity index (χ1) is 7.85. The smallest absolute Gasteiger partial charge is 0.231 e. The van der Waals surface area contributed by atoms with Gasteiger partial charge >= 0.3 is 0 Å². The van der Waals surface area contributed by atoms with E-state index < -0.39 is 0 Å². The molecule has 0 bridgehead atoms. The van der Waals surface area contributed by atoms with Crippen LogP contribution in [0.3, 0.4) is 0 Å². The molecule has 0 radical (unpaired) electrons. The lowest BCUT2D eigenvalue weighted by molar-refractivity contribution is 0.173. The SMILES string of the molecule is CC=CCOc1cc2c(cc1CO)OCO2. The largest absolute Gasteiger partial charge is 0.489 e. The Labute approximate surface area is 94.1 Å². The molecule has 0 saturated carbocycles. The Morgan fingerprint density at radius 3 is 2.81 bits per heavy atom. The molecule has 0 spiro atoms. The van der Waals surface area contributed by atoms with Crippen LogP contribution in [-0.4, -0.2) is 18.5 Å². The predicted molar refractivity (Wildman–Crippen MR) is 58.8 cm³/mol. The van der Waals surface area contributed by atoms with E-state index in [1.807, 2.05) is 19.1 Å². The van der Waals surface area contributed by atoms with Crippen LogP contribution in [0.1, 0.15) is 12.5 Å². The van der Waals surface area contributed by atoms with Crippen molar-refractivity contribution in [3.63, 3.8) is 0 Å². The van der Waals surface area contributed by atoms with Crippen LogP contribution in [0.4, 0.5) is 0 Å². The second kappa shape index (κ2) is 4.90. The topological polar surface area (TPSA) is 47.9 Å². The van der Waals surface area contributed by atoms with Crippen LogP contribution in [0.2, 0.25) is 0 Å². The Bertz CT molecular complexity index is 398. The minimum atomic E-state index is -0.0815. The zero-order chi connectivity index (χ0) is 11.4. The van der Waals surface area contributed by atoms with E-state index in [2.05, 4.69) is 0 Å². The van der Waals surface area contributed by atoms with Gasteiger partial charge in [0, 0.05) is 11.6 Å². The number of benzene rings is 1. The van der Waals surface area contributed by atoms with Crippen molar-refractivity contribution in [3.05, 3.63) is 29.8 Å². The van der Waals surface area contributed by atoms with Gasteiger partial charge in [-0.3, -0.25) is 0 Å². The number of rotatable bonds is 4. The van der Waals surface area contributed by atoms with Gasteiger partial charge in [0.2, 0.25) is 6.79 Å². The molecule has 0 unspecified atom stereocenters. The standard InChI is InChI=1S/C12H14O4/c1-2-3-4-14-10-6-12-11(15-8-16-12)5-9(10)7-13/h2-3,5-6,13H,4,7-8H2,1H3. The average molecular weight is 222 g/mol. The summed E-state index contributed by atoms with van der Waals surface area (Å²) in [5.74, 6) is 1.94. The molecule has 1 aliphatic rings. The summed E-state index contributed by atoms with van der Waals surface area (Å²) in [4.78, 5) is 0. The van der Waals surface area contributed by atoms with E-state index in [9.17, 15) is 5.11 Å². The highest BCUT2D eigenvalue weighted by molar-refractivity contribution is 5.51. The molecule has 0 fully saturated rings. The van der Waals surface area contributed by atoms with Crippen LogP contribution in [-0.2, 0) is 6.61 Å². The predicted octanol–water partition coefficient (Wildman–Crippen LogP) is 1.86. The van der Waals surface area contributed by atoms with Crippen LogP contribution in [0.25, 0.3) is 0 Å². The molecular formula is C12H14O4. The minimum Gasteiger partial charge on any atom is -0.489 e. The first kappa shape index (κ1) is 10.8. The number of allylic oxidation sites excluding steroid dienone is 1. The third-order valence-electron chi connectivity index (χ3n) is 2.30. The molecule has 1 aromatic carbocycles. The molecule has 0 aliphatic carbocycles. The Morgan fingerprint density at radius 2 is 2.12 bits per heavy atom. The van der Waals surface area contributed by atoms with Crippen LogP contribution in [0.5, 0.6) is 17.2 Å². The van der Waals surface area contributed by atoms with Gasteiger partial charge in [0.05, 0.1) is 6.61 Å². The highest BCUT2D eigenvalue weighted by Crippen LogP contribution is 2.38. The Kier molecular flexibility index (Phi) is 3.31. The molecule has 1 N–H and O–H groups in total. The molecule has 1 aliphatic heterocycles. The quantitative estimate of drug-likeness (QED) is 0.790. The summed E-state index contributed by atoms with van der Waals surface area (Å²) in [6, 6.07) is 3.49. The summed E-state index contributed by atoms with van der Waals surface area (Å²) >= 11 is 0. The third-order valence-corrected chi connectivity index (χ3v) is 2.30. The van der Waals surface area contributed by atoms with Gasteiger partial charge in [-0.2, -0.15) is 0 Å². The number of hydrogen-bond donors (Lipinski definition) is 1. The molecular weight excluding hydrogens is 208 g/mol. The molecule has 0 saturated heterocycles. The van der Waals surface area contributed by atoms with Gasteiger partial charge in [-0.05, 0) is 13.0 Å². The highest BCUT2D eigenvalue weighted by Gasteiger charge is 2.17. The van der Waals surface area contributed by atoms with Crippen LogP contribution >= 0.6 is 0 Å². The van der Waals surface area contributed by atoms with Gasteiger partial charge in [-0.25, -0.2) is 0 Å². The summed E-state index contributed by atoms with van der Waals surface area (Å²) < 4.78 is 16.0. The van der Waals surface area contributed by atoms with Gasteiger partial charge < -0.3 is 19.3 Å². The van der Waals surface area contributed by atoms with E-state index in [4.69, 9.17) is 14.2 Å². The van der Waals surface area contributed by atoms with Gasteiger partial charge in [0.1, 0.15) is 12.4 Å². The second-order valence-corrected chi connectivity index (χ2v) is 3.35. The molecule has 4 heteroatoms. The fourth-order valence-electron chi connectivity index (χ4n) is 1.46. The molecule has 0 amide bonds. The Morgan fingerprint density at radius 1 is 1.38 bits per heavy atom. The Balaban J connectivity index is 2.21. The van der Waals surface area contributed by atoms with E-state index in [1.165, 1.54) is 0 Å². The highest BCUT2D eigenvalue weighted by atomic mass is 16.7. The summed E-state index contributed by atoms with van der Waals surface area (Å²) in [6.07, 6.45) is 3.80. The van der Waals surface area contributed by atoms with Crippen molar-refractivity contribution >= 4 is 0 Å². The summed E-state index contributed by atoms with van der Waals surface area (Å²) in [6.45, 7) is 2.54. The zero-order valence-corrected chi connectivity index (χ0v) is 9.10. The van der Waals surface area contributed by atoms with Crippen molar-refractivity contribution in [2.45, 2.75) is 13.5 Å². The molecule has 4 nitrogen and oxygen atoms in total. The summed E-state index contributed by atoms with van der Waals surface area (Å²) in [7, 11) is 0. The fourth-order valence-corrected chi connectivity index (χ4v) is 1.46. The van der Waals surface area contributed by atoms with Crippen molar-refractivity contribution in [1.29, 1.82) is 0 Å². The van der Waals surface area contributed by atoms with Crippen LogP contribution in [0.15, 0.2) is 24.3 Å². The first-order valence-electron chi connectivity index (χ1n) is 5.12. The molecule has 16 heavy (non-hydrogen) atoms. The maximum absolute atomic E-state index is 9.21. The lowest BCUT2D eigenvalue weighted by atomic mass is 10.2. The summed E-state index contributed by atoms with van der Waals surface area (Å²) in [5, 5.41) is 9.21. The average Bonchev–Trinajstić information content (AvgIpc) is 2.75. The molecule has 1 heterocycles. The van der Waals surface area contributed by atoms with Crippen LogP contribution < -0.4 is 14.2 Å². The monoisotopic (exact) mass is 222 g/mol. The van der Waals surface area contributed by atoms with Crippen molar-refractivity contribution < 1.29 is 19.3 Å². The fraction of sp³-hybridized carbons (Fsp3) is 0.333. The third kappa shape index (κ3) is 2.12. The molecule has 0 atom stereocenters. The van der Waals surface area contributed by atoms with E-state index in [0.717, 1.165) is 0 Å². The number of aliphatic hydroxyl groups is 1. The molecule has 2 rings (SSSR count). The number of ether oxygens (including phenoxy) is 3. The van der Waals surface area contributed by atoms with E-state index in [0.29, 0.717) is 29.4 Å². The second-order valence-electron chi connectivity index (χ2n) is 3.35. The normalized spacial score (nSPS) is 13.4. The van der Waals surface area contributed by atoms with E-state index >= 15 is 0 Å². The number of fused-ring (bicyclic) bond motifs is 1. The van der Waals surface area contributed by atoms with Gasteiger partial charge in [-0.1, -0.05) is 12.2 Å². The first-order valence-corrected chi connectivity index (χ1v) is 5.12. The van der Waals surface area contributed by atoms with Gasteiger partial charge in [-0.15, -0.1) is 0 Å². The van der Waals surface area contributed by atoms with E-state index in [1.54, 1.807) is 12.1 Å². The zero-order valence-electron chi connectivity index (χ0n) is 9.10. The van der Waals surface area contributed by atoms with E-state index in [-0.39, 0.29) is 13.4 Å².